The van der Waals surface area contributed by atoms with E-state index in [1.807, 2.05) is 60.7 Å². The first-order valence-electron chi connectivity index (χ1n) is 8.45. The van der Waals surface area contributed by atoms with Crippen LogP contribution in [0.2, 0.25) is 0 Å². The lowest BCUT2D eigenvalue weighted by Crippen LogP contribution is -2.22. The summed E-state index contributed by atoms with van der Waals surface area (Å²) < 4.78 is 11.4. The highest BCUT2D eigenvalue weighted by molar-refractivity contribution is 5.33. The van der Waals surface area contributed by atoms with E-state index in [4.69, 9.17) is 9.47 Å². The van der Waals surface area contributed by atoms with Gasteiger partial charge in [-0.15, -0.1) is 0 Å². The highest BCUT2D eigenvalue weighted by Crippen LogP contribution is 2.21. The molecule has 0 aliphatic rings. The highest BCUT2D eigenvalue weighted by Gasteiger charge is 2.09. The number of methoxy groups -OCH3 is 1. The molecule has 0 heterocycles. The summed E-state index contributed by atoms with van der Waals surface area (Å²) in [6.07, 6.45) is 0.0573. The fraction of sp³-hybridized carbons (Fsp3) is 0.182. The van der Waals surface area contributed by atoms with Crippen LogP contribution in [0.4, 0.5) is 0 Å². The first-order chi connectivity index (χ1) is 12.3. The summed E-state index contributed by atoms with van der Waals surface area (Å²) in [5, 5.41) is 3.45. The summed E-state index contributed by atoms with van der Waals surface area (Å²) in [5.74, 6) is 1.69. The molecule has 0 radical (unpaired) electrons. The molecule has 3 nitrogen and oxygen atoms in total. The lowest BCUT2D eigenvalue weighted by atomic mass is 10.1. The lowest BCUT2D eigenvalue weighted by Gasteiger charge is -2.16. The van der Waals surface area contributed by atoms with Gasteiger partial charge in [-0.25, -0.2) is 0 Å². The van der Waals surface area contributed by atoms with E-state index in [0.29, 0.717) is 0 Å². The van der Waals surface area contributed by atoms with Crippen molar-refractivity contribution in [2.75, 3.05) is 13.7 Å². The topological polar surface area (TPSA) is 30.5 Å². The Labute approximate surface area is 149 Å². The number of hydrogen-bond acceptors (Lipinski definition) is 3. The van der Waals surface area contributed by atoms with E-state index in [1.54, 1.807) is 7.11 Å². The molecule has 1 unspecified atom stereocenters. The number of para-hydroxylation sites is 1. The smallest absolute Gasteiger partial charge is 0.127 e. The van der Waals surface area contributed by atoms with Crippen LogP contribution in [-0.4, -0.2) is 13.7 Å². The van der Waals surface area contributed by atoms with Crippen molar-refractivity contribution in [3.8, 4) is 11.5 Å². The molecular weight excluding hydrogens is 310 g/mol. The van der Waals surface area contributed by atoms with E-state index in [0.717, 1.165) is 24.6 Å². The van der Waals surface area contributed by atoms with E-state index in [2.05, 4.69) is 29.6 Å². The molecule has 3 rings (SSSR count). The number of nitrogens with one attached hydrogen (secondary N) is 1. The molecule has 0 saturated heterocycles. The van der Waals surface area contributed by atoms with Crippen LogP contribution in [-0.2, 0) is 11.3 Å². The van der Waals surface area contributed by atoms with E-state index in [1.165, 1.54) is 11.1 Å². The van der Waals surface area contributed by atoms with E-state index < -0.39 is 0 Å². The minimum atomic E-state index is 0.0573. The Balaban J connectivity index is 1.50. The molecule has 25 heavy (non-hydrogen) atoms. The molecule has 0 aliphatic heterocycles. The van der Waals surface area contributed by atoms with Crippen LogP contribution >= 0.6 is 0 Å². The predicted molar refractivity (Wildman–Crippen MR) is 101 cm³/mol. The van der Waals surface area contributed by atoms with Crippen molar-refractivity contribution in [1.82, 2.24) is 5.32 Å². The molecule has 3 aromatic carbocycles. The summed E-state index contributed by atoms with van der Waals surface area (Å²) in [7, 11) is 1.75. The zero-order chi connectivity index (χ0) is 17.3. The standard InChI is InChI=1S/C22H23NO2/c1-24-22(19-8-4-2-5-9-19)17-23-16-18-12-14-21(15-13-18)25-20-10-6-3-7-11-20/h2-15,22-23H,16-17H2,1H3. The number of benzene rings is 3. The minimum absolute atomic E-state index is 0.0573. The Morgan fingerprint density at radius 3 is 2.00 bits per heavy atom. The van der Waals surface area contributed by atoms with Crippen LogP contribution in [0, 0.1) is 0 Å². The Hall–Kier alpha value is -2.62. The molecule has 0 saturated carbocycles. The quantitative estimate of drug-likeness (QED) is 0.632. The zero-order valence-electron chi connectivity index (χ0n) is 14.4. The third-order valence-corrected chi connectivity index (χ3v) is 4.02. The maximum absolute atomic E-state index is 5.81. The van der Waals surface area contributed by atoms with Crippen molar-refractivity contribution in [3.05, 3.63) is 96.1 Å². The second kappa shape index (κ2) is 9.02. The molecule has 0 aliphatic carbocycles. The first-order valence-corrected chi connectivity index (χ1v) is 8.45. The average molecular weight is 333 g/mol. The Kier molecular flexibility index (Phi) is 6.21. The summed E-state index contributed by atoms with van der Waals surface area (Å²) >= 11 is 0. The number of ether oxygens (including phenoxy) is 2. The fourth-order valence-electron chi connectivity index (χ4n) is 2.65. The van der Waals surface area contributed by atoms with Gasteiger partial charge in [-0.2, -0.15) is 0 Å². The number of rotatable bonds is 8. The van der Waals surface area contributed by atoms with Gasteiger partial charge in [-0.05, 0) is 35.4 Å². The van der Waals surface area contributed by atoms with Crippen molar-refractivity contribution in [2.24, 2.45) is 0 Å². The van der Waals surface area contributed by atoms with Gasteiger partial charge in [0, 0.05) is 20.2 Å². The third kappa shape index (κ3) is 5.18. The highest BCUT2D eigenvalue weighted by atomic mass is 16.5. The molecule has 0 amide bonds. The molecule has 0 fully saturated rings. The second-order valence-corrected chi connectivity index (χ2v) is 5.82. The van der Waals surface area contributed by atoms with Crippen LogP contribution < -0.4 is 10.1 Å². The molecule has 1 N–H and O–H groups in total. The van der Waals surface area contributed by atoms with E-state index in [9.17, 15) is 0 Å². The largest absolute Gasteiger partial charge is 0.457 e. The Morgan fingerprint density at radius 2 is 1.36 bits per heavy atom. The van der Waals surface area contributed by atoms with Crippen LogP contribution in [0.3, 0.4) is 0 Å². The summed E-state index contributed by atoms with van der Waals surface area (Å²) in [6, 6.07) is 28.2. The van der Waals surface area contributed by atoms with Gasteiger partial charge in [0.05, 0.1) is 6.10 Å². The minimum Gasteiger partial charge on any atom is -0.457 e. The molecule has 0 aromatic heterocycles. The summed E-state index contributed by atoms with van der Waals surface area (Å²) in [6.45, 7) is 1.56. The molecular formula is C22H23NO2. The fourth-order valence-corrected chi connectivity index (χ4v) is 2.65. The maximum atomic E-state index is 5.81. The predicted octanol–water partition coefficient (Wildman–Crippen LogP) is 4.96. The van der Waals surface area contributed by atoms with Crippen molar-refractivity contribution in [3.63, 3.8) is 0 Å². The monoisotopic (exact) mass is 333 g/mol. The van der Waals surface area contributed by atoms with Gasteiger partial charge in [0.2, 0.25) is 0 Å². The van der Waals surface area contributed by atoms with Gasteiger partial charge in [-0.3, -0.25) is 0 Å². The zero-order valence-corrected chi connectivity index (χ0v) is 14.4. The maximum Gasteiger partial charge on any atom is 0.127 e. The number of hydrogen-bond donors (Lipinski definition) is 1. The van der Waals surface area contributed by atoms with Gasteiger partial charge in [0.1, 0.15) is 11.5 Å². The Bertz CT molecular complexity index is 742. The van der Waals surface area contributed by atoms with Crippen molar-refractivity contribution in [2.45, 2.75) is 12.6 Å². The molecule has 3 heteroatoms. The normalized spacial score (nSPS) is 11.9. The van der Waals surface area contributed by atoms with Gasteiger partial charge in [0.25, 0.3) is 0 Å². The summed E-state index contributed by atoms with van der Waals surface area (Å²) in [4.78, 5) is 0. The SMILES string of the molecule is COC(CNCc1ccc(Oc2ccccc2)cc1)c1ccccc1. The summed E-state index contributed by atoms with van der Waals surface area (Å²) in [5.41, 5.74) is 2.40. The molecule has 0 spiro atoms. The van der Waals surface area contributed by atoms with E-state index >= 15 is 0 Å². The lowest BCUT2D eigenvalue weighted by molar-refractivity contribution is 0.102. The average Bonchev–Trinajstić information content (AvgIpc) is 2.68. The van der Waals surface area contributed by atoms with Crippen molar-refractivity contribution in [1.29, 1.82) is 0 Å². The van der Waals surface area contributed by atoms with Crippen LogP contribution in [0.1, 0.15) is 17.2 Å². The Morgan fingerprint density at radius 1 is 0.760 bits per heavy atom. The molecule has 1 atom stereocenters. The van der Waals surface area contributed by atoms with Gasteiger partial charge in [0.15, 0.2) is 0 Å². The molecule has 3 aromatic rings. The molecule has 0 bridgehead atoms. The van der Waals surface area contributed by atoms with Crippen LogP contribution in [0.15, 0.2) is 84.9 Å². The van der Waals surface area contributed by atoms with Crippen LogP contribution in [0.25, 0.3) is 0 Å². The van der Waals surface area contributed by atoms with Crippen molar-refractivity contribution >= 4 is 0 Å². The second-order valence-electron chi connectivity index (χ2n) is 5.82. The molecule has 128 valence electrons. The van der Waals surface area contributed by atoms with Gasteiger partial charge >= 0.3 is 0 Å². The van der Waals surface area contributed by atoms with Gasteiger partial charge < -0.3 is 14.8 Å². The van der Waals surface area contributed by atoms with E-state index in [-0.39, 0.29) is 6.10 Å². The van der Waals surface area contributed by atoms with Crippen molar-refractivity contribution < 1.29 is 9.47 Å². The van der Waals surface area contributed by atoms with Crippen LogP contribution in [0.5, 0.6) is 11.5 Å². The third-order valence-electron chi connectivity index (χ3n) is 4.02. The first kappa shape index (κ1) is 17.2. The van der Waals surface area contributed by atoms with Gasteiger partial charge in [-0.1, -0.05) is 60.7 Å².